The minimum absolute atomic E-state index is 0.324. The summed E-state index contributed by atoms with van der Waals surface area (Å²) >= 11 is 0. The summed E-state index contributed by atoms with van der Waals surface area (Å²) in [5, 5.41) is 13.3. The second kappa shape index (κ2) is 8.98. The molecule has 0 aliphatic heterocycles. The van der Waals surface area contributed by atoms with Crippen LogP contribution in [0.25, 0.3) is 0 Å². The molecular formula is C17H29NO2. The molecule has 0 aliphatic carbocycles. The van der Waals surface area contributed by atoms with Crippen molar-refractivity contribution < 1.29 is 9.84 Å². The number of ether oxygens (including phenoxy) is 1. The van der Waals surface area contributed by atoms with Crippen LogP contribution in [0.3, 0.4) is 0 Å². The largest absolute Gasteiger partial charge is 0.491 e. The van der Waals surface area contributed by atoms with Crippen LogP contribution in [-0.2, 0) is 0 Å². The fraction of sp³-hybridized carbons (Fsp3) is 0.647. The molecule has 20 heavy (non-hydrogen) atoms. The normalized spacial score (nSPS) is 13.2. The smallest absolute Gasteiger partial charge is 0.119 e. The van der Waals surface area contributed by atoms with Gasteiger partial charge in [0.2, 0.25) is 0 Å². The van der Waals surface area contributed by atoms with Gasteiger partial charge in [0.1, 0.15) is 18.5 Å². The summed E-state index contributed by atoms with van der Waals surface area (Å²) in [7, 11) is 0. The lowest BCUT2D eigenvalue weighted by atomic mass is 9.85. The summed E-state index contributed by atoms with van der Waals surface area (Å²) in [5.41, 5.74) is 0. The number of hydrogen-bond donors (Lipinski definition) is 2. The fourth-order valence-corrected chi connectivity index (χ4v) is 2.43. The molecule has 3 nitrogen and oxygen atoms in total. The summed E-state index contributed by atoms with van der Waals surface area (Å²) in [6, 6.07) is 9.59. The number of benzene rings is 1. The predicted octanol–water partition coefficient (Wildman–Crippen LogP) is 2.94. The van der Waals surface area contributed by atoms with Gasteiger partial charge in [0, 0.05) is 6.54 Å². The first-order valence-corrected chi connectivity index (χ1v) is 7.57. The standard InChI is InChI=1S/C17H29NO2/c1-13(2)17(14(3)4)11-18-10-15(19)12-20-16-8-6-5-7-9-16/h5-9,13-15,17-19H,10-12H2,1-4H3. The molecule has 0 amide bonds. The van der Waals surface area contributed by atoms with Gasteiger partial charge in [-0.1, -0.05) is 45.9 Å². The highest BCUT2D eigenvalue weighted by atomic mass is 16.5. The van der Waals surface area contributed by atoms with Gasteiger partial charge in [0.05, 0.1) is 0 Å². The topological polar surface area (TPSA) is 41.5 Å². The van der Waals surface area contributed by atoms with Crippen molar-refractivity contribution >= 4 is 0 Å². The Bertz CT molecular complexity index is 343. The van der Waals surface area contributed by atoms with E-state index < -0.39 is 6.10 Å². The van der Waals surface area contributed by atoms with Crippen LogP contribution in [0, 0.1) is 17.8 Å². The quantitative estimate of drug-likeness (QED) is 0.730. The molecule has 0 saturated heterocycles. The third kappa shape index (κ3) is 6.40. The zero-order chi connectivity index (χ0) is 15.0. The number of nitrogens with one attached hydrogen (secondary N) is 1. The predicted molar refractivity (Wildman–Crippen MR) is 84.0 cm³/mol. The average molecular weight is 279 g/mol. The number of para-hydroxylation sites is 1. The molecule has 3 heteroatoms. The van der Waals surface area contributed by atoms with Gasteiger partial charge < -0.3 is 15.2 Å². The van der Waals surface area contributed by atoms with Gasteiger partial charge in [-0.15, -0.1) is 0 Å². The second-order valence-electron chi connectivity index (χ2n) is 6.09. The van der Waals surface area contributed by atoms with E-state index in [2.05, 4.69) is 33.0 Å². The molecule has 0 heterocycles. The Morgan fingerprint density at radius 1 is 1.00 bits per heavy atom. The highest BCUT2D eigenvalue weighted by molar-refractivity contribution is 5.20. The fourth-order valence-electron chi connectivity index (χ4n) is 2.43. The van der Waals surface area contributed by atoms with Gasteiger partial charge in [0.15, 0.2) is 0 Å². The molecule has 0 aliphatic rings. The Labute approximate surface area is 123 Å². The lowest BCUT2D eigenvalue weighted by molar-refractivity contribution is 0.103. The SMILES string of the molecule is CC(C)C(CNCC(O)COc1ccccc1)C(C)C. The van der Waals surface area contributed by atoms with Gasteiger partial charge in [-0.3, -0.25) is 0 Å². The molecule has 0 fully saturated rings. The second-order valence-corrected chi connectivity index (χ2v) is 6.09. The first-order valence-electron chi connectivity index (χ1n) is 7.57. The summed E-state index contributed by atoms with van der Waals surface area (Å²) in [6.45, 7) is 10.8. The van der Waals surface area contributed by atoms with Gasteiger partial charge >= 0.3 is 0 Å². The minimum Gasteiger partial charge on any atom is -0.491 e. The van der Waals surface area contributed by atoms with Crippen molar-refractivity contribution in [3.8, 4) is 5.75 Å². The maximum Gasteiger partial charge on any atom is 0.119 e. The van der Waals surface area contributed by atoms with E-state index in [-0.39, 0.29) is 0 Å². The van der Waals surface area contributed by atoms with Gasteiger partial charge in [-0.05, 0) is 36.4 Å². The van der Waals surface area contributed by atoms with Gasteiger partial charge in [-0.25, -0.2) is 0 Å². The van der Waals surface area contributed by atoms with Crippen LogP contribution >= 0.6 is 0 Å². The van der Waals surface area contributed by atoms with E-state index in [0.717, 1.165) is 12.3 Å². The van der Waals surface area contributed by atoms with E-state index in [1.807, 2.05) is 30.3 Å². The van der Waals surface area contributed by atoms with Crippen LogP contribution in [-0.4, -0.2) is 30.9 Å². The zero-order valence-electron chi connectivity index (χ0n) is 13.2. The molecule has 0 spiro atoms. The molecule has 0 saturated carbocycles. The van der Waals surface area contributed by atoms with Crippen molar-refractivity contribution in [2.24, 2.45) is 17.8 Å². The van der Waals surface area contributed by atoms with Crippen LogP contribution in [0.15, 0.2) is 30.3 Å². The summed E-state index contributed by atoms with van der Waals surface area (Å²) in [5.74, 6) is 2.74. The molecule has 0 radical (unpaired) electrons. The van der Waals surface area contributed by atoms with E-state index in [1.165, 1.54) is 0 Å². The summed E-state index contributed by atoms with van der Waals surface area (Å²) in [6.07, 6.45) is -0.477. The van der Waals surface area contributed by atoms with E-state index in [9.17, 15) is 5.11 Å². The zero-order valence-corrected chi connectivity index (χ0v) is 13.2. The number of hydrogen-bond acceptors (Lipinski definition) is 3. The number of aliphatic hydroxyl groups excluding tert-OH is 1. The molecule has 1 aromatic carbocycles. The molecule has 1 rings (SSSR count). The van der Waals surface area contributed by atoms with Crippen molar-refractivity contribution in [1.82, 2.24) is 5.32 Å². The van der Waals surface area contributed by atoms with Crippen molar-refractivity contribution in [2.75, 3.05) is 19.7 Å². The third-order valence-corrected chi connectivity index (χ3v) is 3.66. The van der Waals surface area contributed by atoms with Crippen LogP contribution in [0.4, 0.5) is 0 Å². The highest BCUT2D eigenvalue weighted by Crippen LogP contribution is 2.19. The molecule has 114 valence electrons. The van der Waals surface area contributed by atoms with Crippen molar-refractivity contribution in [1.29, 1.82) is 0 Å². The Morgan fingerprint density at radius 2 is 1.60 bits per heavy atom. The first-order chi connectivity index (χ1) is 9.50. The monoisotopic (exact) mass is 279 g/mol. The molecule has 1 aromatic rings. The maximum atomic E-state index is 9.91. The van der Waals surface area contributed by atoms with Crippen molar-refractivity contribution in [2.45, 2.75) is 33.8 Å². The van der Waals surface area contributed by atoms with E-state index in [1.54, 1.807) is 0 Å². The van der Waals surface area contributed by atoms with E-state index >= 15 is 0 Å². The molecule has 0 bridgehead atoms. The Kier molecular flexibility index (Phi) is 7.63. The number of rotatable bonds is 9. The molecular weight excluding hydrogens is 250 g/mol. The summed E-state index contributed by atoms with van der Waals surface area (Å²) < 4.78 is 5.53. The van der Waals surface area contributed by atoms with Gasteiger partial charge in [-0.2, -0.15) is 0 Å². The molecule has 1 atom stereocenters. The van der Waals surface area contributed by atoms with Crippen LogP contribution in [0.1, 0.15) is 27.7 Å². The minimum atomic E-state index is -0.477. The molecule has 2 N–H and O–H groups in total. The molecule has 1 unspecified atom stereocenters. The maximum absolute atomic E-state index is 9.91. The van der Waals surface area contributed by atoms with Crippen LogP contribution in [0.5, 0.6) is 5.75 Å². The summed E-state index contributed by atoms with van der Waals surface area (Å²) in [4.78, 5) is 0. The van der Waals surface area contributed by atoms with Gasteiger partial charge in [0.25, 0.3) is 0 Å². The van der Waals surface area contributed by atoms with Crippen LogP contribution < -0.4 is 10.1 Å². The Morgan fingerprint density at radius 3 is 2.15 bits per heavy atom. The van der Waals surface area contributed by atoms with Crippen molar-refractivity contribution in [3.63, 3.8) is 0 Å². The van der Waals surface area contributed by atoms with E-state index in [0.29, 0.717) is 30.9 Å². The Hall–Kier alpha value is -1.06. The average Bonchev–Trinajstić information content (AvgIpc) is 2.41. The highest BCUT2D eigenvalue weighted by Gasteiger charge is 2.17. The first kappa shape index (κ1) is 17.0. The van der Waals surface area contributed by atoms with Crippen molar-refractivity contribution in [3.05, 3.63) is 30.3 Å². The lowest BCUT2D eigenvalue weighted by Gasteiger charge is -2.25. The number of aliphatic hydroxyl groups is 1. The third-order valence-electron chi connectivity index (χ3n) is 3.66. The Balaban J connectivity index is 2.21. The lowest BCUT2D eigenvalue weighted by Crippen LogP contribution is -2.36. The van der Waals surface area contributed by atoms with Crippen LogP contribution in [0.2, 0.25) is 0 Å². The van der Waals surface area contributed by atoms with E-state index in [4.69, 9.17) is 4.74 Å². The molecule has 0 aromatic heterocycles.